The first-order chi connectivity index (χ1) is 18.5. The zero-order chi connectivity index (χ0) is 27.6. The lowest BCUT2D eigenvalue weighted by molar-refractivity contribution is -0.147. The Hall–Kier alpha value is -2.70. The number of carbonyl (C=O) groups excluding carboxylic acids is 2. The van der Waals surface area contributed by atoms with Gasteiger partial charge in [-0.05, 0) is 61.8 Å². The molecule has 0 aromatic heterocycles. The van der Waals surface area contributed by atoms with E-state index in [-0.39, 0.29) is 50.2 Å². The number of benzene rings is 2. The highest BCUT2D eigenvalue weighted by atomic mass is 16.5. The minimum atomic E-state index is -0.265. The van der Waals surface area contributed by atoms with Gasteiger partial charge in [-0.3, -0.25) is 9.59 Å². The molecule has 2 atom stereocenters. The van der Waals surface area contributed by atoms with Gasteiger partial charge in [0, 0.05) is 26.1 Å². The Morgan fingerprint density at radius 2 is 1.03 bits per heavy atom. The molecule has 6 heteroatoms. The summed E-state index contributed by atoms with van der Waals surface area (Å²) < 4.78 is 22.8. The van der Waals surface area contributed by atoms with Gasteiger partial charge in [0.05, 0.1) is 12.2 Å². The van der Waals surface area contributed by atoms with Crippen LogP contribution in [0.1, 0.15) is 114 Å². The van der Waals surface area contributed by atoms with Gasteiger partial charge < -0.3 is 18.9 Å². The van der Waals surface area contributed by atoms with Crippen molar-refractivity contribution in [3.8, 4) is 0 Å². The van der Waals surface area contributed by atoms with Gasteiger partial charge in [0.1, 0.15) is 13.2 Å². The molecular formula is C32H46O6. The normalized spacial score (nSPS) is 12.6. The fraction of sp³-hybridized carbons (Fsp3) is 0.562. The fourth-order valence-electron chi connectivity index (χ4n) is 4.11. The summed E-state index contributed by atoms with van der Waals surface area (Å²) in [5.74, 6) is -0.530. The van der Waals surface area contributed by atoms with E-state index in [1.807, 2.05) is 62.4 Å². The van der Waals surface area contributed by atoms with Crippen molar-refractivity contribution in [1.82, 2.24) is 0 Å². The second kappa shape index (κ2) is 18.5. The fourth-order valence-corrected chi connectivity index (χ4v) is 4.11. The smallest absolute Gasteiger partial charge is 0.306 e. The van der Waals surface area contributed by atoms with Gasteiger partial charge in [-0.1, -0.05) is 75.2 Å². The Morgan fingerprint density at radius 1 is 0.632 bits per heavy atom. The average molecular weight is 527 g/mol. The second-order valence-electron chi connectivity index (χ2n) is 9.66. The predicted octanol–water partition coefficient (Wildman–Crippen LogP) is 7.79. The summed E-state index contributed by atoms with van der Waals surface area (Å²) in [6, 6.07) is 15.8. The predicted molar refractivity (Wildman–Crippen MR) is 149 cm³/mol. The van der Waals surface area contributed by atoms with E-state index in [1.54, 1.807) is 0 Å². The molecule has 0 fully saturated rings. The Bertz CT molecular complexity index is 879. The number of hydrogen-bond donors (Lipinski definition) is 0. The van der Waals surface area contributed by atoms with E-state index in [0.29, 0.717) is 26.1 Å². The molecule has 2 aromatic carbocycles. The molecule has 0 heterocycles. The maximum absolute atomic E-state index is 12.3. The Kier molecular flexibility index (Phi) is 15.4. The van der Waals surface area contributed by atoms with Crippen molar-refractivity contribution in [2.24, 2.45) is 0 Å². The summed E-state index contributed by atoms with van der Waals surface area (Å²) in [6.07, 6.45) is 5.82. The lowest BCUT2D eigenvalue weighted by Gasteiger charge is -2.17. The van der Waals surface area contributed by atoms with Crippen molar-refractivity contribution in [2.75, 3.05) is 13.2 Å². The molecule has 0 bridgehead atoms. The van der Waals surface area contributed by atoms with Crippen LogP contribution in [0.5, 0.6) is 0 Å². The van der Waals surface area contributed by atoms with E-state index < -0.39 is 0 Å². The van der Waals surface area contributed by atoms with Crippen LogP contribution in [-0.2, 0) is 41.8 Å². The third-order valence-electron chi connectivity index (χ3n) is 6.51. The van der Waals surface area contributed by atoms with Crippen LogP contribution < -0.4 is 0 Å². The average Bonchev–Trinajstić information content (AvgIpc) is 2.93. The third-order valence-corrected chi connectivity index (χ3v) is 6.51. The number of hydrogen-bond acceptors (Lipinski definition) is 6. The van der Waals surface area contributed by atoms with Gasteiger partial charge in [0.25, 0.3) is 0 Å². The Balaban J connectivity index is 1.69. The number of unbranched alkanes of at least 4 members (excludes halogenated alkanes) is 3. The zero-order valence-corrected chi connectivity index (χ0v) is 23.7. The molecule has 0 N–H and O–H groups in total. The molecule has 0 aliphatic rings. The lowest BCUT2D eigenvalue weighted by atomic mass is 10.0. The van der Waals surface area contributed by atoms with Crippen LogP contribution in [0.15, 0.2) is 48.5 Å². The van der Waals surface area contributed by atoms with Crippen molar-refractivity contribution in [1.29, 1.82) is 0 Å². The van der Waals surface area contributed by atoms with E-state index >= 15 is 0 Å². The van der Waals surface area contributed by atoms with Crippen molar-refractivity contribution >= 4 is 11.9 Å². The Morgan fingerprint density at radius 3 is 1.42 bits per heavy atom. The summed E-state index contributed by atoms with van der Waals surface area (Å²) in [4.78, 5) is 24.6. The van der Waals surface area contributed by atoms with Crippen LogP contribution in [0, 0.1) is 0 Å². The molecule has 38 heavy (non-hydrogen) atoms. The van der Waals surface area contributed by atoms with Crippen molar-refractivity contribution in [3.63, 3.8) is 0 Å². The first-order valence-corrected chi connectivity index (χ1v) is 14.2. The molecule has 210 valence electrons. The van der Waals surface area contributed by atoms with Crippen LogP contribution >= 0.6 is 0 Å². The highest BCUT2D eigenvalue weighted by Crippen LogP contribution is 2.24. The van der Waals surface area contributed by atoms with Gasteiger partial charge >= 0.3 is 11.9 Å². The van der Waals surface area contributed by atoms with Crippen LogP contribution in [0.4, 0.5) is 0 Å². The molecule has 0 aliphatic carbocycles. The first-order valence-electron chi connectivity index (χ1n) is 14.2. The van der Waals surface area contributed by atoms with Crippen molar-refractivity contribution < 1.29 is 28.5 Å². The van der Waals surface area contributed by atoms with Gasteiger partial charge in [-0.15, -0.1) is 0 Å². The van der Waals surface area contributed by atoms with Crippen molar-refractivity contribution in [3.05, 3.63) is 70.8 Å². The summed E-state index contributed by atoms with van der Waals surface area (Å²) in [6.45, 7) is 10.2. The topological polar surface area (TPSA) is 71.1 Å². The molecule has 0 amide bonds. The first kappa shape index (κ1) is 31.5. The van der Waals surface area contributed by atoms with Crippen LogP contribution in [0.2, 0.25) is 0 Å². The highest BCUT2D eigenvalue weighted by molar-refractivity contribution is 5.70. The molecule has 2 unspecified atom stereocenters. The molecule has 2 aromatic rings. The number of ether oxygens (including phenoxy) is 4. The van der Waals surface area contributed by atoms with Crippen LogP contribution in [0.25, 0.3) is 0 Å². The Labute approximate surface area is 229 Å². The van der Waals surface area contributed by atoms with Crippen LogP contribution in [-0.4, -0.2) is 25.2 Å². The van der Waals surface area contributed by atoms with E-state index in [9.17, 15) is 9.59 Å². The number of rotatable bonds is 19. The maximum Gasteiger partial charge on any atom is 0.306 e. The minimum Gasteiger partial charge on any atom is -0.461 e. The maximum atomic E-state index is 12.3. The quantitative estimate of drug-likeness (QED) is 0.137. The van der Waals surface area contributed by atoms with Crippen LogP contribution in [0.3, 0.4) is 0 Å². The highest BCUT2D eigenvalue weighted by Gasteiger charge is 2.14. The third kappa shape index (κ3) is 11.8. The van der Waals surface area contributed by atoms with E-state index in [0.717, 1.165) is 47.9 Å². The largest absolute Gasteiger partial charge is 0.461 e. The van der Waals surface area contributed by atoms with Crippen molar-refractivity contribution in [2.45, 2.75) is 104 Å². The number of carbonyl (C=O) groups is 2. The summed E-state index contributed by atoms with van der Waals surface area (Å²) in [7, 11) is 0. The van der Waals surface area contributed by atoms with Gasteiger partial charge in [-0.2, -0.15) is 0 Å². The molecule has 0 spiro atoms. The SMILES string of the molecule is CCCCOC(C)c1ccccc1COC(=O)CCCCC(=O)OCc1ccccc1C(C)OCCCC. The van der Waals surface area contributed by atoms with E-state index in [2.05, 4.69) is 13.8 Å². The molecule has 0 saturated heterocycles. The second-order valence-corrected chi connectivity index (χ2v) is 9.66. The summed E-state index contributed by atoms with van der Waals surface area (Å²) in [5.41, 5.74) is 4.00. The molecule has 0 saturated carbocycles. The molecule has 2 rings (SSSR count). The van der Waals surface area contributed by atoms with Gasteiger partial charge in [-0.25, -0.2) is 0 Å². The standard InChI is InChI=1S/C32H46O6/c1-5-7-21-35-25(3)29-17-11-9-15-27(29)23-37-31(33)19-13-14-20-32(34)38-24-28-16-10-12-18-30(28)26(4)36-22-8-6-2/h9-12,15-18,25-26H,5-8,13-14,19-24H2,1-4H3. The monoisotopic (exact) mass is 526 g/mol. The van der Waals surface area contributed by atoms with Gasteiger partial charge in [0.15, 0.2) is 0 Å². The summed E-state index contributed by atoms with van der Waals surface area (Å²) in [5, 5.41) is 0. The van der Waals surface area contributed by atoms with E-state index in [1.165, 1.54) is 0 Å². The lowest BCUT2D eigenvalue weighted by Crippen LogP contribution is -2.10. The molecular weight excluding hydrogens is 480 g/mol. The zero-order valence-electron chi connectivity index (χ0n) is 23.7. The summed E-state index contributed by atoms with van der Waals surface area (Å²) >= 11 is 0. The molecule has 0 aliphatic heterocycles. The minimum absolute atomic E-state index is 0.0498. The van der Waals surface area contributed by atoms with Gasteiger partial charge in [0.2, 0.25) is 0 Å². The molecule has 0 radical (unpaired) electrons. The number of esters is 2. The molecule has 6 nitrogen and oxygen atoms in total. The van der Waals surface area contributed by atoms with E-state index in [4.69, 9.17) is 18.9 Å².